The van der Waals surface area contributed by atoms with Crippen LogP contribution >= 0.6 is 0 Å². The quantitative estimate of drug-likeness (QED) is 0.788. The van der Waals surface area contributed by atoms with Crippen LogP contribution in [0.2, 0.25) is 0 Å². The molecule has 1 aliphatic carbocycles. The molecule has 1 aromatic heterocycles. The largest absolute Gasteiger partial charge is 0.393 e. The maximum atomic E-state index is 11.9. The predicted octanol–water partition coefficient (Wildman–Crippen LogP) is -0.141. The molecule has 0 aliphatic heterocycles. The fourth-order valence-corrected chi connectivity index (χ4v) is 3.18. The van der Waals surface area contributed by atoms with Gasteiger partial charge in [-0.15, -0.1) is 0 Å². The molecule has 0 saturated heterocycles. The molecule has 2 unspecified atom stereocenters. The molecule has 0 bridgehead atoms. The maximum absolute atomic E-state index is 11.9. The predicted molar refractivity (Wildman–Crippen MR) is 61.7 cm³/mol. The molecule has 7 heteroatoms. The van der Waals surface area contributed by atoms with E-state index in [9.17, 15) is 13.5 Å². The van der Waals surface area contributed by atoms with Crippen LogP contribution in [0.1, 0.15) is 19.3 Å². The molecular formula is C10H17N3O3S. The average molecular weight is 259 g/mol. The van der Waals surface area contributed by atoms with Crippen molar-refractivity contribution >= 4 is 10.0 Å². The zero-order valence-corrected chi connectivity index (χ0v) is 10.5. The van der Waals surface area contributed by atoms with Crippen molar-refractivity contribution in [3.05, 3.63) is 12.4 Å². The number of sulfonamides is 1. The smallest absolute Gasteiger partial charge is 0.243 e. The van der Waals surface area contributed by atoms with E-state index in [-0.39, 0.29) is 16.9 Å². The summed E-state index contributed by atoms with van der Waals surface area (Å²) in [5.41, 5.74) is 0. The summed E-state index contributed by atoms with van der Waals surface area (Å²) in [4.78, 5) is 0.179. The van der Waals surface area contributed by atoms with E-state index in [0.717, 1.165) is 12.8 Å². The summed E-state index contributed by atoms with van der Waals surface area (Å²) in [6.07, 6.45) is 4.83. The average Bonchev–Trinajstić information content (AvgIpc) is 2.85. The molecule has 1 aliphatic rings. The number of hydrogen-bond acceptors (Lipinski definition) is 4. The standard InChI is InChI=1S/C10H17N3O3S/c1-13-7-10(6-11-13)17(15,16)12-5-8-2-3-9(14)4-8/h6-9,12,14H,2-5H2,1H3. The SMILES string of the molecule is Cn1cc(S(=O)(=O)NCC2CCC(O)C2)cn1. The molecule has 1 saturated carbocycles. The Kier molecular flexibility index (Phi) is 3.50. The van der Waals surface area contributed by atoms with Gasteiger partial charge in [-0.1, -0.05) is 0 Å². The lowest BCUT2D eigenvalue weighted by Crippen LogP contribution is -2.28. The molecule has 0 aromatic carbocycles. The highest BCUT2D eigenvalue weighted by molar-refractivity contribution is 7.89. The van der Waals surface area contributed by atoms with Gasteiger partial charge in [-0.2, -0.15) is 5.10 Å². The Bertz CT molecular complexity index is 483. The van der Waals surface area contributed by atoms with Gasteiger partial charge in [0.2, 0.25) is 10.0 Å². The number of nitrogens with one attached hydrogen (secondary N) is 1. The number of aliphatic hydroxyl groups excluding tert-OH is 1. The number of nitrogens with zero attached hydrogens (tertiary/aromatic N) is 2. The zero-order valence-electron chi connectivity index (χ0n) is 9.70. The Hall–Kier alpha value is -0.920. The van der Waals surface area contributed by atoms with E-state index in [2.05, 4.69) is 9.82 Å². The van der Waals surface area contributed by atoms with E-state index in [1.165, 1.54) is 17.1 Å². The molecule has 1 aromatic rings. The molecule has 2 rings (SSSR count). The minimum atomic E-state index is -3.46. The second-order valence-corrected chi connectivity index (χ2v) is 6.30. The van der Waals surface area contributed by atoms with E-state index in [1.807, 2.05) is 0 Å². The van der Waals surface area contributed by atoms with Crippen LogP contribution < -0.4 is 4.72 Å². The summed E-state index contributed by atoms with van der Waals surface area (Å²) in [6, 6.07) is 0. The van der Waals surface area contributed by atoms with Gasteiger partial charge in [0.15, 0.2) is 0 Å². The van der Waals surface area contributed by atoms with Gasteiger partial charge in [0, 0.05) is 19.8 Å². The third kappa shape index (κ3) is 3.05. The molecule has 2 atom stereocenters. The lowest BCUT2D eigenvalue weighted by Gasteiger charge is -2.10. The summed E-state index contributed by atoms with van der Waals surface area (Å²) in [5.74, 6) is 0.233. The van der Waals surface area contributed by atoms with Gasteiger partial charge in [0.05, 0.1) is 12.3 Å². The monoisotopic (exact) mass is 259 g/mol. The van der Waals surface area contributed by atoms with Crippen LogP contribution in [-0.4, -0.2) is 36.0 Å². The lowest BCUT2D eigenvalue weighted by atomic mass is 10.1. The molecule has 2 N–H and O–H groups in total. The Morgan fingerprint density at radius 2 is 2.35 bits per heavy atom. The zero-order chi connectivity index (χ0) is 12.5. The van der Waals surface area contributed by atoms with Crippen LogP contribution in [0.4, 0.5) is 0 Å². The number of aryl methyl sites for hydroxylation is 1. The van der Waals surface area contributed by atoms with Crippen LogP contribution in [-0.2, 0) is 17.1 Å². The van der Waals surface area contributed by atoms with E-state index in [4.69, 9.17) is 0 Å². The fourth-order valence-electron chi connectivity index (χ4n) is 2.08. The molecular weight excluding hydrogens is 242 g/mol. The molecule has 6 nitrogen and oxygen atoms in total. The third-order valence-corrected chi connectivity index (χ3v) is 4.45. The summed E-state index contributed by atoms with van der Waals surface area (Å²) in [7, 11) is -1.79. The molecule has 0 spiro atoms. The minimum Gasteiger partial charge on any atom is -0.393 e. The van der Waals surface area contributed by atoms with Gasteiger partial charge < -0.3 is 5.11 Å². The third-order valence-electron chi connectivity index (χ3n) is 3.07. The summed E-state index contributed by atoms with van der Waals surface area (Å²) in [5, 5.41) is 13.2. The van der Waals surface area contributed by atoms with E-state index < -0.39 is 10.0 Å². The van der Waals surface area contributed by atoms with Crippen LogP contribution in [0.25, 0.3) is 0 Å². The number of aliphatic hydroxyl groups is 1. The summed E-state index contributed by atoms with van der Waals surface area (Å²) in [6.45, 7) is 0.383. The Balaban J connectivity index is 1.94. The van der Waals surface area contributed by atoms with Gasteiger partial charge in [-0.3, -0.25) is 4.68 Å². The van der Waals surface area contributed by atoms with Crippen LogP contribution in [0.5, 0.6) is 0 Å². The van der Waals surface area contributed by atoms with E-state index in [1.54, 1.807) is 7.05 Å². The minimum absolute atomic E-state index is 0.179. The normalized spacial score (nSPS) is 25.3. The van der Waals surface area contributed by atoms with Crippen molar-refractivity contribution in [3.63, 3.8) is 0 Å². The highest BCUT2D eigenvalue weighted by atomic mass is 32.2. The highest BCUT2D eigenvalue weighted by Gasteiger charge is 2.25. The molecule has 1 fully saturated rings. The maximum Gasteiger partial charge on any atom is 0.243 e. The van der Waals surface area contributed by atoms with Crippen molar-refractivity contribution in [2.24, 2.45) is 13.0 Å². The lowest BCUT2D eigenvalue weighted by molar-refractivity contribution is 0.178. The highest BCUT2D eigenvalue weighted by Crippen LogP contribution is 2.24. The first kappa shape index (κ1) is 12.5. The number of rotatable bonds is 4. The fraction of sp³-hybridized carbons (Fsp3) is 0.700. The molecule has 17 heavy (non-hydrogen) atoms. The van der Waals surface area contributed by atoms with Crippen molar-refractivity contribution in [2.75, 3.05) is 6.54 Å². The second-order valence-electron chi connectivity index (χ2n) is 4.53. The van der Waals surface area contributed by atoms with E-state index >= 15 is 0 Å². The number of aromatic nitrogens is 2. The van der Waals surface area contributed by atoms with Crippen LogP contribution in [0.3, 0.4) is 0 Å². The molecule has 96 valence electrons. The topological polar surface area (TPSA) is 84.2 Å². The first-order chi connectivity index (χ1) is 7.97. The van der Waals surface area contributed by atoms with Gasteiger partial charge in [-0.25, -0.2) is 13.1 Å². The summed E-state index contributed by atoms with van der Waals surface area (Å²) >= 11 is 0. The first-order valence-corrected chi connectivity index (χ1v) is 7.12. The van der Waals surface area contributed by atoms with E-state index in [0.29, 0.717) is 13.0 Å². The van der Waals surface area contributed by atoms with Crippen molar-refractivity contribution < 1.29 is 13.5 Å². The van der Waals surface area contributed by atoms with Crippen molar-refractivity contribution in [1.29, 1.82) is 0 Å². The number of hydrogen-bond donors (Lipinski definition) is 2. The first-order valence-electron chi connectivity index (χ1n) is 5.64. The second kappa shape index (κ2) is 4.75. The molecule has 1 heterocycles. The Labute approximate surface area is 101 Å². The van der Waals surface area contributed by atoms with Gasteiger partial charge in [-0.05, 0) is 25.2 Å². The van der Waals surface area contributed by atoms with Crippen LogP contribution in [0.15, 0.2) is 17.3 Å². The van der Waals surface area contributed by atoms with Gasteiger partial charge in [0.1, 0.15) is 4.90 Å². The summed E-state index contributed by atoms with van der Waals surface area (Å²) < 4.78 is 27.7. The Morgan fingerprint density at radius 1 is 1.59 bits per heavy atom. The van der Waals surface area contributed by atoms with Crippen molar-refractivity contribution in [1.82, 2.24) is 14.5 Å². The Morgan fingerprint density at radius 3 is 2.88 bits per heavy atom. The van der Waals surface area contributed by atoms with Crippen molar-refractivity contribution in [3.8, 4) is 0 Å². The van der Waals surface area contributed by atoms with Crippen LogP contribution in [0, 0.1) is 5.92 Å². The van der Waals surface area contributed by atoms with Gasteiger partial charge in [0.25, 0.3) is 0 Å². The molecule has 0 radical (unpaired) electrons. The van der Waals surface area contributed by atoms with Gasteiger partial charge >= 0.3 is 0 Å². The van der Waals surface area contributed by atoms with Crippen molar-refractivity contribution in [2.45, 2.75) is 30.3 Å². The molecule has 0 amide bonds.